The second-order valence-electron chi connectivity index (χ2n) is 4.87. The molecule has 0 spiro atoms. The third-order valence-corrected chi connectivity index (χ3v) is 2.87. The number of amides is 1. The summed E-state index contributed by atoms with van der Waals surface area (Å²) in [6, 6.07) is 8.54. The zero-order valence-corrected chi connectivity index (χ0v) is 10.7. The third kappa shape index (κ3) is 3.55. The Bertz CT molecular complexity index is 362. The molecule has 0 atom stereocenters. The van der Waals surface area contributed by atoms with E-state index in [1.54, 1.807) is 38.1 Å². The van der Waals surface area contributed by atoms with E-state index in [0.29, 0.717) is 17.1 Å². The van der Waals surface area contributed by atoms with E-state index in [9.17, 15) is 9.28 Å². The Hall–Kier alpha value is -1.38. The molecule has 0 aliphatic carbocycles. The minimum Gasteiger partial charge on any atom is -0.266 e. The fourth-order valence-corrected chi connectivity index (χ4v) is 1.68. The van der Waals surface area contributed by atoms with Crippen LogP contribution in [0.2, 0.25) is 0 Å². The number of nitrogens with zero attached hydrogens (tertiary/aromatic N) is 1. The Morgan fingerprint density at radius 3 is 2.41 bits per heavy atom. The standard InChI is InChI=1S/C14H20FNO/c1-4-5-11-14(2,3)16(15)13(17)12-9-7-6-8-10-12/h6-10H,4-5,11H2,1-3H3. The Balaban J connectivity index is 2.76. The molecule has 17 heavy (non-hydrogen) atoms. The monoisotopic (exact) mass is 237 g/mol. The van der Waals surface area contributed by atoms with Crippen LogP contribution in [0.25, 0.3) is 0 Å². The topological polar surface area (TPSA) is 20.3 Å². The van der Waals surface area contributed by atoms with Crippen LogP contribution in [0, 0.1) is 0 Å². The lowest BCUT2D eigenvalue weighted by atomic mass is 9.96. The maximum absolute atomic E-state index is 14.1. The lowest BCUT2D eigenvalue weighted by Gasteiger charge is -2.31. The predicted molar refractivity (Wildman–Crippen MR) is 67.3 cm³/mol. The molecule has 2 nitrogen and oxygen atoms in total. The van der Waals surface area contributed by atoms with Crippen LogP contribution < -0.4 is 0 Å². The van der Waals surface area contributed by atoms with Gasteiger partial charge in [-0.05, 0) is 32.4 Å². The Morgan fingerprint density at radius 2 is 1.88 bits per heavy atom. The first-order valence-electron chi connectivity index (χ1n) is 6.04. The summed E-state index contributed by atoms with van der Waals surface area (Å²) >= 11 is 0. The Morgan fingerprint density at radius 1 is 1.29 bits per heavy atom. The lowest BCUT2D eigenvalue weighted by Crippen LogP contribution is -2.42. The average Bonchev–Trinajstić information content (AvgIpc) is 2.35. The summed E-state index contributed by atoms with van der Waals surface area (Å²) in [5, 5.41) is 0.359. The van der Waals surface area contributed by atoms with E-state index in [4.69, 9.17) is 0 Å². The molecule has 1 amide bonds. The van der Waals surface area contributed by atoms with Crippen LogP contribution in [-0.4, -0.2) is 16.6 Å². The molecule has 0 saturated carbocycles. The van der Waals surface area contributed by atoms with Crippen LogP contribution in [0.15, 0.2) is 30.3 Å². The van der Waals surface area contributed by atoms with Gasteiger partial charge in [0.1, 0.15) is 0 Å². The first-order valence-corrected chi connectivity index (χ1v) is 6.04. The van der Waals surface area contributed by atoms with Gasteiger partial charge in [-0.2, -0.15) is 5.12 Å². The van der Waals surface area contributed by atoms with E-state index in [0.717, 1.165) is 12.8 Å². The third-order valence-electron chi connectivity index (χ3n) is 2.87. The zero-order chi connectivity index (χ0) is 12.9. The second-order valence-corrected chi connectivity index (χ2v) is 4.87. The molecule has 0 N–H and O–H groups in total. The van der Waals surface area contributed by atoms with Crippen molar-refractivity contribution in [2.45, 2.75) is 45.6 Å². The molecule has 0 aliphatic rings. The van der Waals surface area contributed by atoms with Crippen LogP contribution in [0.3, 0.4) is 0 Å². The van der Waals surface area contributed by atoms with Gasteiger partial charge in [0.05, 0.1) is 5.54 Å². The van der Waals surface area contributed by atoms with E-state index in [1.165, 1.54) is 0 Å². The molecule has 0 bridgehead atoms. The number of benzene rings is 1. The van der Waals surface area contributed by atoms with Gasteiger partial charge in [-0.25, -0.2) is 0 Å². The molecule has 3 heteroatoms. The number of rotatable bonds is 5. The molecule has 0 unspecified atom stereocenters. The maximum atomic E-state index is 14.1. The van der Waals surface area contributed by atoms with Gasteiger partial charge in [0.2, 0.25) is 0 Å². The molecule has 94 valence electrons. The SMILES string of the molecule is CCCCC(C)(C)N(F)C(=O)c1ccccc1. The van der Waals surface area contributed by atoms with Crippen molar-refractivity contribution in [3.63, 3.8) is 0 Å². The van der Waals surface area contributed by atoms with Crippen LogP contribution in [-0.2, 0) is 0 Å². The van der Waals surface area contributed by atoms with Crippen molar-refractivity contribution in [1.29, 1.82) is 0 Å². The summed E-state index contributed by atoms with van der Waals surface area (Å²) in [6.45, 7) is 5.56. The minimum atomic E-state index is -0.747. The van der Waals surface area contributed by atoms with Gasteiger partial charge in [-0.1, -0.05) is 42.4 Å². The van der Waals surface area contributed by atoms with Gasteiger partial charge in [0.25, 0.3) is 5.91 Å². The van der Waals surface area contributed by atoms with Gasteiger partial charge in [-0.15, -0.1) is 0 Å². The first-order chi connectivity index (χ1) is 7.99. The smallest absolute Gasteiger partial charge is 0.266 e. The number of halogens is 1. The van der Waals surface area contributed by atoms with Crippen LogP contribution in [0.1, 0.15) is 50.4 Å². The highest BCUT2D eigenvalue weighted by Gasteiger charge is 2.31. The van der Waals surface area contributed by atoms with Crippen LogP contribution >= 0.6 is 0 Å². The molecule has 0 radical (unpaired) electrons. The fraction of sp³-hybridized carbons (Fsp3) is 0.500. The normalized spacial score (nSPS) is 11.3. The van der Waals surface area contributed by atoms with Crippen molar-refractivity contribution in [2.75, 3.05) is 0 Å². The van der Waals surface area contributed by atoms with Crippen molar-refractivity contribution in [3.05, 3.63) is 35.9 Å². The van der Waals surface area contributed by atoms with E-state index in [-0.39, 0.29) is 0 Å². The van der Waals surface area contributed by atoms with Crippen molar-refractivity contribution in [2.24, 2.45) is 0 Å². The number of hydrogen-bond donors (Lipinski definition) is 0. The minimum absolute atomic E-state index is 0.359. The summed E-state index contributed by atoms with van der Waals surface area (Å²) in [5.41, 5.74) is -0.359. The Labute approximate surface area is 102 Å². The van der Waals surface area contributed by atoms with E-state index in [2.05, 4.69) is 6.92 Å². The highest BCUT2D eigenvalue weighted by Crippen LogP contribution is 2.24. The van der Waals surface area contributed by atoms with Gasteiger partial charge < -0.3 is 0 Å². The van der Waals surface area contributed by atoms with Crippen LogP contribution in [0.4, 0.5) is 4.48 Å². The average molecular weight is 237 g/mol. The summed E-state index contributed by atoms with van der Waals surface area (Å²) < 4.78 is 14.1. The highest BCUT2D eigenvalue weighted by atomic mass is 19.2. The lowest BCUT2D eigenvalue weighted by molar-refractivity contribution is -0.0432. The van der Waals surface area contributed by atoms with Crippen molar-refractivity contribution in [3.8, 4) is 0 Å². The number of carbonyl (C=O) groups is 1. The molecule has 0 fully saturated rings. The maximum Gasteiger partial charge on any atom is 0.282 e. The Kier molecular flexibility index (Phi) is 4.67. The number of hydrogen-bond acceptors (Lipinski definition) is 1. The van der Waals surface area contributed by atoms with Gasteiger partial charge in [0.15, 0.2) is 0 Å². The molecular weight excluding hydrogens is 217 g/mol. The van der Waals surface area contributed by atoms with Crippen molar-refractivity contribution < 1.29 is 9.28 Å². The quantitative estimate of drug-likeness (QED) is 0.709. The van der Waals surface area contributed by atoms with Gasteiger partial charge in [0, 0.05) is 5.56 Å². The summed E-state index contributed by atoms with van der Waals surface area (Å²) in [7, 11) is 0. The number of unbranched alkanes of at least 4 members (excludes halogenated alkanes) is 1. The molecule has 0 aromatic heterocycles. The van der Waals surface area contributed by atoms with E-state index >= 15 is 0 Å². The highest BCUT2D eigenvalue weighted by molar-refractivity contribution is 5.93. The second kappa shape index (κ2) is 5.80. The fourth-order valence-electron chi connectivity index (χ4n) is 1.68. The zero-order valence-electron chi connectivity index (χ0n) is 10.7. The molecule has 0 heterocycles. The molecule has 0 saturated heterocycles. The molecule has 1 rings (SSSR count). The van der Waals surface area contributed by atoms with E-state index < -0.39 is 11.4 Å². The predicted octanol–water partition coefficient (Wildman–Crippen LogP) is 3.98. The molecule has 1 aromatic carbocycles. The summed E-state index contributed by atoms with van der Waals surface area (Å²) in [5.74, 6) is -0.563. The first kappa shape index (κ1) is 13.7. The molecule has 0 aliphatic heterocycles. The number of carbonyl (C=O) groups excluding carboxylic acids is 1. The van der Waals surface area contributed by atoms with Crippen molar-refractivity contribution in [1.82, 2.24) is 5.12 Å². The van der Waals surface area contributed by atoms with Crippen molar-refractivity contribution >= 4 is 5.91 Å². The van der Waals surface area contributed by atoms with Crippen LogP contribution in [0.5, 0.6) is 0 Å². The van der Waals surface area contributed by atoms with Gasteiger partial charge in [-0.3, -0.25) is 4.79 Å². The largest absolute Gasteiger partial charge is 0.282 e. The van der Waals surface area contributed by atoms with Gasteiger partial charge >= 0.3 is 0 Å². The summed E-state index contributed by atoms with van der Waals surface area (Å²) in [4.78, 5) is 11.9. The molecular formula is C14H20FNO. The molecule has 1 aromatic rings. The summed E-state index contributed by atoms with van der Waals surface area (Å²) in [6.07, 6.45) is 2.57. The van der Waals surface area contributed by atoms with E-state index in [1.807, 2.05) is 6.07 Å².